The summed E-state index contributed by atoms with van der Waals surface area (Å²) in [6.07, 6.45) is 2.36. The summed E-state index contributed by atoms with van der Waals surface area (Å²) in [5, 5.41) is -0.0140. The molecule has 1 heterocycles. The standard InChI is InChI=1S/C24H39FN2O4Si/c1-23(2,3)30-22(29)27(7)18-12-10-16(21(28)17-11-13-20(25)26-15-17)14-19(18)31-32(8,9)24(4,5)6/h11,13,15-16,18-19H,10,12,14H2,1-9H3/t16-,18+,19+/m0/s1. The number of amides is 1. The molecule has 32 heavy (non-hydrogen) atoms. The molecule has 2 rings (SSSR count). The molecule has 0 spiro atoms. The van der Waals surface area contributed by atoms with Crippen molar-refractivity contribution >= 4 is 20.2 Å². The highest BCUT2D eigenvalue weighted by Gasteiger charge is 2.45. The van der Waals surface area contributed by atoms with Gasteiger partial charge < -0.3 is 14.1 Å². The predicted octanol–water partition coefficient (Wildman–Crippen LogP) is 5.83. The van der Waals surface area contributed by atoms with Crippen molar-refractivity contribution in [3.8, 4) is 0 Å². The maximum atomic E-state index is 13.2. The van der Waals surface area contributed by atoms with Crippen LogP contribution >= 0.6 is 0 Å². The van der Waals surface area contributed by atoms with Gasteiger partial charge >= 0.3 is 6.09 Å². The first-order chi connectivity index (χ1) is 14.5. The first-order valence-electron chi connectivity index (χ1n) is 11.3. The molecule has 8 heteroatoms. The third-order valence-electron chi connectivity index (χ3n) is 6.57. The van der Waals surface area contributed by atoms with E-state index in [1.165, 1.54) is 18.3 Å². The van der Waals surface area contributed by atoms with E-state index < -0.39 is 19.9 Å². The van der Waals surface area contributed by atoms with Crippen LogP contribution in [0.5, 0.6) is 0 Å². The van der Waals surface area contributed by atoms with E-state index in [2.05, 4.69) is 38.8 Å². The average molecular weight is 467 g/mol. The molecule has 1 aliphatic carbocycles. The second kappa shape index (κ2) is 9.59. The summed E-state index contributed by atoms with van der Waals surface area (Å²) in [6, 6.07) is 2.50. The molecule has 0 N–H and O–H groups in total. The second-order valence-corrected chi connectivity index (χ2v) is 16.1. The number of aromatic nitrogens is 1. The monoisotopic (exact) mass is 466 g/mol. The average Bonchev–Trinajstić information content (AvgIpc) is 2.65. The first-order valence-corrected chi connectivity index (χ1v) is 14.2. The van der Waals surface area contributed by atoms with E-state index >= 15 is 0 Å². The van der Waals surface area contributed by atoms with Crippen LogP contribution in [0.25, 0.3) is 0 Å². The van der Waals surface area contributed by atoms with Crippen LogP contribution in [0.15, 0.2) is 18.3 Å². The van der Waals surface area contributed by atoms with E-state index in [0.29, 0.717) is 24.8 Å². The molecule has 1 fully saturated rings. The topological polar surface area (TPSA) is 68.7 Å². The minimum atomic E-state index is -2.16. The second-order valence-electron chi connectivity index (χ2n) is 11.3. The van der Waals surface area contributed by atoms with E-state index in [-0.39, 0.29) is 35.0 Å². The van der Waals surface area contributed by atoms with Gasteiger partial charge in [0.15, 0.2) is 14.1 Å². The molecule has 3 atom stereocenters. The smallest absolute Gasteiger partial charge is 0.410 e. The number of Topliss-reactive ketones (excluding diaryl/α,β-unsaturated/α-hetero) is 1. The van der Waals surface area contributed by atoms with Crippen molar-refractivity contribution in [2.24, 2.45) is 5.92 Å². The molecule has 0 aliphatic heterocycles. The summed E-state index contributed by atoms with van der Waals surface area (Å²) < 4.78 is 25.5. The maximum absolute atomic E-state index is 13.2. The molecule has 0 unspecified atom stereocenters. The zero-order valence-electron chi connectivity index (χ0n) is 21.0. The van der Waals surface area contributed by atoms with Gasteiger partial charge in [-0.2, -0.15) is 4.39 Å². The quantitative estimate of drug-likeness (QED) is 0.310. The number of ketones is 1. The van der Waals surface area contributed by atoms with Crippen LogP contribution in [0.3, 0.4) is 0 Å². The molecular weight excluding hydrogens is 427 g/mol. The van der Waals surface area contributed by atoms with Crippen molar-refractivity contribution in [3.63, 3.8) is 0 Å². The molecule has 0 saturated heterocycles. The van der Waals surface area contributed by atoms with E-state index in [0.717, 1.165) is 0 Å². The Bertz CT molecular complexity index is 815. The Balaban J connectivity index is 2.27. The normalized spacial score (nSPS) is 22.4. The van der Waals surface area contributed by atoms with Crippen LogP contribution in [0.4, 0.5) is 9.18 Å². The lowest BCUT2D eigenvalue weighted by Crippen LogP contribution is -2.55. The minimum absolute atomic E-state index is 0.0140. The van der Waals surface area contributed by atoms with Gasteiger partial charge in [-0.3, -0.25) is 4.79 Å². The van der Waals surface area contributed by atoms with Gasteiger partial charge in [-0.25, -0.2) is 9.78 Å². The van der Waals surface area contributed by atoms with Gasteiger partial charge in [0.25, 0.3) is 0 Å². The highest BCUT2D eigenvalue weighted by molar-refractivity contribution is 6.74. The predicted molar refractivity (Wildman–Crippen MR) is 126 cm³/mol. The molecule has 0 bridgehead atoms. The summed E-state index contributed by atoms with van der Waals surface area (Å²) in [5.74, 6) is -0.927. The number of carbonyl (C=O) groups excluding carboxylic acids is 2. The zero-order chi connectivity index (χ0) is 24.5. The number of hydrogen-bond donors (Lipinski definition) is 0. The summed E-state index contributed by atoms with van der Waals surface area (Å²) in [5.41, 5.74) is -0.189. The Hall–Kier alpha value is -1.80. The van der Waals surface area contributed by atoms with Gasteiger partial charge in [0, 0.05) is 24.7 Å². The lowest BCUT2D eigenvalue weighted by molar-refractivity contribution is -0.0109. The molecular formula is C24H39FN2O4Si. The number of pyridine rings is 1. The van der Waals surface area contributed by atoms with Gasteiger partial charge in [-0.15, -0.1) is 0 Å². The Labute approximate surface area is 193 Å². The summed E-state index contributed by atoms with van der Waals surface area (Å²) in [6.45, 7) is 16.4. The largest absolute Gasteiger partial charge is 0.444 e. The van der Waals surface area contributed by atoms with Crippen LogP contribution < -0.4 is 0 Å². The first kappa shape index (κ1) is 26.4. The van der Waals surface area contributed by atoms with Gasteiger partial charge in [0.2, 0.25) is 5.95 Å². The van der Waals surface area contributed by atoms with Crippen molar-refractivity contribution in [1.29, 1.82) is 0 Å². The van der Waals surface area contributed by atoms with Crippen molar-refractivity contribution in [1.82, 2.24) is 9.88 Å². The Morgan fingerprint density at radius 1 is 1.12 bits per heavy atom. The third kappa shape index (κ3) is 6.60. The number of carbonyl (C=O) groups is 2. The SMILES string of the molecule is CN(C(=O)OC(C)(C)C)[C@@H]1CC[C@H](C(=O)c2ccc(F)nc2)C[C@H]1O[Si](C)(C)C(C)(C)C. The lowest BCUT2D eigenvalue weighted by Gasteiger charge is -2.46. The minimum Gasteiger partial charge on any atom is -0.444 e. The van der Waals surface area contributed by atoms with Crippen LogP contribution in [-0.2, 0) is 9.16 Å². The Morgan fingerprint density at radius 2 is 1.75 bits per heavy atom. The van der Waals surface area contributed by atoms with E-state index in [9.17, 15) is 14.0 Å². The number of hydrogen-bond acceptors (Lipinski definition) is 5. The van der Waals surface area contributed by atoms with Crippen molar-refractivity contribution in [3.05, 3.63) is 29.8 Å². The summed E-state index contributed by atoms with van der Waals surface area (Å²) >= 11 is 0. The number of rotatable bonds is 5. The molecule has 180 valence electrons. The molecule has 0 radical (unpaired) electrons. The molecule has 0 aromatic carbocycles. The van der Waals surface area contributed by atoms with Crippen molar-refractivity contribution in [2.75, 3.05) is 7.05 Å². The summed E-state index contributed by atoms with van der Waals surface area (Å²) in [4.78, 5) is 31.1. The zero-order valence-corrected chi connectivity index (χ0v) is 22.0. The molecule has 1 aliphatic rings. The van der Waals surface area contributed by atoms with E-state index in [1.54, 1.807) is 11.9 Å². The van der Waals surface area contributed by atoms with E-state index in [1.807, 2.05) is 20.8 Å². The van der Waals surface area contributed by atoms with Crippen molar-refractivity contribution in [2.45, 2.75) is 96.7 Å². The molecule has 1 amide bonds. The van der Waals surface area contributed by atoms with Gasteiger partial charge in [0.1, 0.15) is 5.60 Å². The molecule has 1 saturated carbocycles. The van der Waals surface area contributed by atoms with Crippen LogP contribution in [0.1, 0.15) is 71.2 Å². The Kier molecular flexibility index (Phi) is 7.93. The molecule has 6 nitrogen and oxygen atoms in total. The fraction of sp³-hybridized carbons (Fsp3) is 0.708. The van der Waals surface area contributed by atoms with Gasteiger partial charge in [-0.05, 0) is 70.3 Å². The number of ether oxygens (including phenoxy) is 1. The lowest BCUT2D eigenvalue weighted by atomic mass is 9.79. The fourth-order valence-electron chi connectivity index (χ4n) is 3.70. The highest BCUT2D eigenvalue weighted by atomic mass is 28.4. The van der Waals surface area contributed by atoms with Crippen molar-refractivity contribution < 1.29 is 23.1 Å². The van der Waals surface area contributed by atoms with Crippen LogP contribution in [0, 0.1) is 11.9 Å². The highest BCUT2D eigenvalue weighted by Crippen LogP contribution is 2.41. The van der Waals surface area contributed by atoms with Crippen LogP contribution in [0.2, 0.25) is 18.1 Å². The van der Waals surface area contributed by atoms with Gasteiger partial charge in [-0.1, -0.05) is 20.8 Å². The number of halogens is 1. The Morgan fingerprint density at radius 3 is 2.25 bits per heavy atom. The molecule has 1 aromatic heterocycles. The fourth-order valence-corrected chi connectivity index (χ4v) is 5.07. The summed E-state index contributed by atoms with van der Waals surface area (Å²) in [7, 11) is -0.422. The van der Waals surface area contributed by atoms with Gasteiger partial charge in [0.05, 0.1) is 12.1 Å². The third-order valence-corrected chi connectivity index (χ3v) is 11.1. The maximum Gasteiger partial charge on any atom is 0.410 e. The van der Waals surface area contributed by atoms with Crippen LogP contribution in [-0.4, -0.2) is 54.9 Å². The van der Waals surface area contributed by atoms with E-state index in [4.69, 9.17) is 9.16 Å². The molecule has 1 aromatic rings. The number of nitrogens with zero attached hydrogens (tertiary/aromatic N) is 2. The number of likely N-dealkylation sites (N-methyl/N-ethyl adjacent to an activating group) is 1.